The molecule has 1 atom stereocenters. The Balaban J connectivity index is 2.42. The number of hydrogen-bond donors (Lipinski definition) is 1. The fourth-order valence-corrected chi connectivity index (χ4v) is 3.50. The largest absolute Gasteiger partial charge is 0.478 e. The fourth-order valence-electron chi connectivity index (χ4n) is 2.71. The van der Waals surface area contributed by atoms with Crippen molar-refractivity contribution in [2.45, 2.75) is 20.3 Å². The van der Waals surface area contributed by atoms with Crippen molar-refractivity contribution in [3.05, 3.63) is 28.8 Å². The molecular formula is C14H16FNO5S. The number of halogens is 1. The minimum Gasteiger partial charge on any atom is -0.478 e. The van der Waals surface area contributed by atoms with Crippen LogP contribution in [0.2, 0.25) is 0 Å². The molecule has 1 saturated heterocycles. The van der Waals surface area contributed by atoms with E-state index in [4.69, 9.17) is 0 Å². The molecule has 0 spiro atoms. The molecule has 1 amide bonds. The lowest BCUT2D eigenvalue weighted by atomic mass is 10.0. The molecule has 1 unspecified atom stereocenters. The fraction of sp³-hybridized carbons (Fsp3) is 0.429. The molecule has 1 fully saturated rings. The van der Waals surface area contributed by atoms with Crippen molar-refractivity contribution < 1.29 is 27.0 Å². The molecule has 6 nitrogen and oxygen atoms in total. The first-order chi connectivity index (χ1) is 10.1. The molecule has 0 aliphatic carbocycles. The van der Waals surface area contributed by atoms with Gasteiger partial charge in [0, 0.05) is 18.9 Å². The van der Waals surface area contributed by atoms with Crippen molar-refractivity contribution in [2.24, 2.45) is 5.92 Å². The van der Waals surface area contributed by atoms with E-state index in [1.807, 2.05) is 0 Å². The summed E-state index contributed by atoms with van der Waals surface area (Å²) in [5.74, 6) is -2.98. The van der Waals surface area contributed by atoms with Gasteiger partial charge in [0.1, 0.15) is 0 Å². The Morgan fingerprint density at radius 1 is 1.41 bits per heavy atom. The molecule has 2 rings (SSSR count). The standard InChI is InChI=1S/C14H16FNO5S/c1-8-3-4-11(14(18)19)13(9(8)2)16-6-10(5-12(16)17)7-22(15,20)21/h3-4,10H,5-7H2,1-2H3,(H,18,19). The number of carbonyl (C=O) groups excluding carboxylic acids is 1. The predicted molar refractivity (Wildman–Crippen MR) is 78.2 cm³/mol. The summed E-state index contributed by atoms with van der Waals surface area (Å²) in [6.07, 6.45) is -0.115. The zero-order valence-electron chi connectivity index (χ0n) is 12.2. The third-order valence-corrected chi connectivity index (χ3v) is 4.71. The average molecular weight is 329 g/mol. The number of aryl methyl sites for hydroxylation is 1. The highest BCUT2D eigenvalue weighted by Gasteiger charge is 2.36. The van der Waals surface area contributed by atoms with E-state index in [1.54, 1.807) is 19.9 Å². The molecule has 120 valence electrons. The number of nitrogens with zero attached hydrogens (tertiary/aromatic N) is 1. The lowest BCUT2D eigenvalue weighted by molar-refractivity contribution is -0.117. The van der Waals surface area contributed by atoms with E-state index in [9.17, 15) is 27.0 Å². The van der Waals surface area contributed by atoms with Crippen LogP contribution in [0.1, 0.15) is 27.9 Å². The highest BCUT2D eigenvalue weighted by Crippen LogP contribution is 2.33. The van der Waals surface area contributed by atoms with E-state index in [0.717, 1.165) is 5.56 Å². The van der Waals surface area contributed by atoms with E-state index in [-0.39, 0.29) is 24.2 Å². The third-order valence-electron chi connectivity index (χ3n) is 3.84. The molecule has 8 heteroatoms. The topological polar surface area (TPSA) is 91.8 Å². The molecule has 1 heterocycles. The van der Waals surface area contributed by atoms with Gasteiger partial charge in [0.15, 0.2) is 0 Å². The molecule has 0 bridgehead atoms. The number of carboxylic acid groups (broad SMARTS) is 1. The molecule has 1 aromatic rings. The van der Waals surface area contributed by atoms with Crippen LogP contribution in [0.25, 0.3) is 0 Å². The van der Waals surface area contributed by atoms with E-state index in [0.29, 0.717) is 5.56 Å². The number of aromatic carboxylic acids is 1. The predicted octanol–water partition coefficient (Wildman–Crippen LogP) is 1.65. The number of carboxylic acids is 1. The second-order valence-corrected chi connectivity index (χ2v) is 6.90. The van der Waals surface area contributed by atoms with Gasteiger partial charge in [0.2, 0.25) is 5.91 Å². The third kappa shape index (κ3) is 3.27. The summed E-state index contributed by atoms with van der Waals surface area (Å²) < 4.78 is 34.3. The van der Waals surface area contributed by atoms with Crippen LogP contribution in [-0.2, 0) is 15.0 Å². The second kappa shape index (κ2) is 5.68. The minimum absolute atomic E-state index is 0.00738. The number of benzene rings is 1. The van der Waals surface area contributed by atoms with E-state index >= 15 is 0 Å². The van der Waals surface area contributed by atoms with Crippen LogP contribution < -0.4 is 4.90 Å². The van der Waals surface area contributed by atoms with Gasteiger partial charge >= 0.3 is 16.2 Å². The smallest absolute Gasteiger partial charge is 0.337 e. The van der Waals surface area contributed by atoms with E-state index in [1.165, 1.54) is 11.0 Å². The maximum atomic E-state index is 12.8. The first kappa shape index (κ1) is 16.4. The van der Waals surface area contributed by atoms with Gasteiger partial charge in [-0.25, -0.2) is 4.79 Å². The Morgan fingerprint density at radius 3 is 2.59 bits per heavy atom. The van der Waals surface area contributed by atoms with Gasteiger partial charge in [0.05, 0.1) is 17.0 Å². The van der Waals surface area contributed by atoms with Gasteiger partial charge in [0.25, 0.3) is 0 Å². The summed E-state index contributed by atoms with van der Waals surface area (Å²) in [4.78, 5) is 24.7. The van der Waals surface area contributed by atoms with Crippen LogP contribution in [0.3, 0.4) is 0 Å². The first-order valence-corrected chi connectivity index (χ1v) is 8.21. The van der Waals surface area contributed by atoms with Crippen molar-refractivity contribution in [3.63, 3.8) is 0 Å². The van der Waals surface area contributed by atoms with Crippen LogP contribution in [0, 0.1) is 19.8 Å². The summed E-state index contributed by atoms with van der Waals surface area (Å²) >= 11 is 0. The van der Waals surface area contributed by atoms with Crippen molar-refractivity contribution in [1.82, 2.24) is 0 Å². The van der Waals surface area contributed by atoms with E-state index in [2.05, 4.69) is 0 Å². The quantitative estimate of drug-likeness (QED) is 0.848. The van der Waals surface area contributed by atoms with Gasteiger partial charge in [-0.2, -0.15) is 8.42 Å². The Morgan fingerprint density at radius 2 is 2.05 bits per heavy atom. The second-order valence-electron chi connectivity index (χ2n) is 5.49. The van der Waals surface area contributed by atoms with Gasteiger partial charge in [-0.3, -0.25) is 4.79 Å². The maximum Gasteiger partial charge on any atom is 0.337 e. The lowest BCUT2D eigenvalue weighted by Gasteiger charge is -2.22. The van der Waals surface area contributed by atoms with Gasteiger partial charge in [-0.1, -0.05) is 6.07 Å². The lowest BCUT2D eigenvalue weighted by Crippen LogP contribution is -2.28. The molecule has 1 N–H and O–H groups in total. The van der Waals surface area contributed by atoms with Crippen molar-refractivity contribution in [3.8, 4) is 0 Å². The zero-order valence-corrected chi connectivity index (χ0v) is 13.0. The first-order valence-electron chi connectivity index (χ1n) is 6.66. The van der Waals surface area contributed by atoms with Crippen molar-refractivity contribution >= 4 is 27.8 Å². The van der Waals surface area contributed by atoms with Gasteiger partial charge in [-0.15, -0.1) is 3.89 Å². The Kier molecular flexibility index (Phi) is 4.23. The highest BCUT2D eigenvalue weighted by molar-refractivity contribution is 7.86. The monoisotopic (exact) mass is 329 g/mol. The van der Waals surface area contributed by atoms with Gasteiger partial charge < -0.3 is 10.0 Å². The van der Waals surface area contributed by atoms with Crippen LogP contribution in [0.5, 0.6) is 0 Å². The van der Waals surface area contributed by atoms with Gasteiger partial charge in [-0.05, 0) is 31.0 Å². The van der Waals surface area contributed by atoms with Crippen LogP contribution in [-0.4, -0.2) is 37.7 Å². The zero-order chi connectivity index (χ0) is 16.7. The molecule has 0 aromatic heterocycles. The Bertz CT molecular complexity index is 744. The number of carbonyl (C=O) groups is 2. The van der Waals surface area contributed by atoms with Crippen molar-refractivity contribution in [1.29, 1.82) is 0 Å². The number of rotatable bonds is 4. The van der Waals surface area contributed by atoms with E-state index < -0.39 is 33.8 Å². The summed E-state index contributed by atoms with van der Waals surface area (Å²) in [7, 11) is -4.68. The SMILES string of the molecule is Cc1ccc(C(=O)O)c(N2CC(CS(=O)(=O)F)CC2=O)c1C. The number of hydrogen-bond acceptors (Lipinski definition) is 4. The Hall–Kier alpha value is -1.96. The molecule has 0 radical (unpaired) electrons. The van der Waals surface area contributed by atoms with Crippen molar-refractivity contribution in [2.75, 3.05) is 17.2 Å². The maximum absolute atomic E-state index is 12.8. The molecule has 22 heavy (non-hydrogen) atoms. The average Bonchev–Trinajstić information content (AvgIpc) is 2.70. The number of amides is 1. The normalized spacial score (nSPS) is 18.8. The summed E-state index contributed by atoms with van der Waals surface area (Å²) in [6.45, 7) is 3.48. The number of anilines is 1. The van der Waals surface area contributed by atoms with Crippen LogP contribution in [0.4, 0.5) is 9.57 Å². The van der Waals surface area contributed by atoms with Crippen LogP contribution in [0.15, 0.2) is 12.1 Å². The minimum atomic E-state index is -4.68. The summed E-state index contributed by atoms with van der Waals surface area (Å²) in [6, 6.07) is 3.05. The molecule has 1 aliphatic heterocycles. The highest BCUT2D eigenvalue weighted by atomic mass is 32.3. The summed E-state index contributed by atoms with van der Waals surface area (Å²) in [5.41, 5.74) is 1.68. The molecular weight excluding hydrogens is 313 g/mol. The molecule has 1 aromatic carbocycles. The molecule has 0 saturated carbocycles. The Labute approximate surface area is 127 Å². The molecule has 1 aliphatic rings. The summed E-state index contributed by atoms with van der Waals surface area (Å²) in [5, 5.41) is 9.29. The van der Waals surface area contributed by atoms with Crippen LogP contribution >= 0.6 is 0 Å².